The Labute approximate surface area is 296 Å². The van der Waals surface area contributed by atoms with Crippen LogP contribution in [-0.4, -0.2) is 42.0 Å². The Morgan fingerprint density at radius 1 is 1.08 bits per heavy atom. The van der Waals surface area contributed by atoms with Crippen LogP contribution in [0.3, 0.4) is 0 Å². The largest absolute Gasteiger partial charge is 0.426 e. The molecule has 0 bridgehead atoms. The Morgan fingerprint density at radius 3 is 2.71 bits per heavy atom. The first-order valence-corrected chi connectivity index (χ1v) is 18.5. The normalized spacial score (nSPS) is 28.3. The Hall–Kier alpha value is -3.06. The van der Waals surface area contributed by atoms with Gasteiger partial charge in [0.25, 0.3) is 0 Å². The van der Waals surface area contributed by atoms with E-state index in [1.165, 1.54) is 28.8 Å². The van der Waals surface area contributed by atoms with E-state index in [9.17, 15) is 4.79 Å². The maximum Gasteiger partial charge on any atom is 0.314 e. The molecule has 3 aliphatic carbocycles. The lowest BCUT2D eigenvalue weighted by molar-refractivity contribution is -0.139. The van der Waals surface area contributed by atoms with Crippen molar-refractivity contribution in [3.63, 3.8) is 0 Å². The van der Waals surface area contributed by atoms with Gasteiger partial charge in [-0.15, -0.1) is 0 Å². The molecule has 0 amide bonds. The molecule has 6 nitrogen and oxygen atoms in total. The van der Waals surface area contributed by atoms with Crippen LogP contribution < -0.4 is 10.1 Å². The number of carbonyl (C=O) groups excluding carboxylic acids is 1. The summed E-state index contributed by atoms with van der Waals surface area (Å²) >= 11 is 12.6. The minimum atomic E-state index is -0.200. The van der Waals surface area contributed by atoms with E-state index in [-0.39, 0.29) is 35.4 Å². The van der Waals surface area contributed by atoms with Gasteiger partial charge < -0.3 is 14.8 Å². The fourth-order valence-corrected chi connectivity index (χ4v) is 7.96. The average molecular weight is 691 g/mol. The van der Waals surface area contributed by atoms with E-state index in [1.807, 2.05) is 12.3 Å². The van der Waals surface area contributed by atoms with Gasteiger partial charge in [0, 0.05) is 59.6 Å². The minimum absolute atomic E-state index is 0.0951. The molecular formula is C40H49Cl2N3O3. The number of carbonyl (C=O) groups is 1. The lowest BCUT2D eigenvalue weighted by atomic mass is 9.78. The van der Waals surface area contributed by atoms with Crippen molar-refractivity contribution in [2.24, 2.45) is 22.9 Å². The molecule has 0 spiro atoms. The molecule has 1 N–H and O–H groups in total. The van der Waals surface area contributed by atoms with Crippen molar-refractivity contribution in [3.05, 3.63) is 99.4 Å². The van der Waals surface area contributed by atoms with E-state index in [2.05, 4.69) is 65.9 Å². The number of allylic oxidation sites excluding steroid dienone is 5. The van der Waals surface area contributed by atoms with Gasteiger partial charge in [-0.1, -0.05) is 66.4 Å². The smallest absolute Gasteiger partial charge is 0.314 e. The second-order valence-electron chi connectivity index (χ2n) is 14.1. The van der Waals surface area contributed by atoms with Crippen LogP contribution in [0.1, 0.15) is 84.5 Å². The molecule has 0 saturated heterocycles. The van der Waals surface area contributed by atoms with Gasteiger partial charge in [0.15, 0.2) is 0 Å². The van der Waals surface area contributed by atoms with E-state index in [0.29, 0.717) is 10.8 Å². The third-order valence-electron chi connectivity index (χ3n) is 10.3. The van der Waals surface area contributed by atoms with Crippen LogP contribution in [0.4, 0.5) is 0 Å². The molecule has 48 heavy (non-hydrogen) atoms. The van der Waals surface area contributed by atoms with Crippen molar-refractivity contribution >= 4 is 35.4 Å². The fraction of sp³-hybridized carbons (Fsp3) is 0.500. The summed E-state index contributed by atoms with van der Waals surface area (Å²) in [6.07, 6.45) is 28.2. The van der Waals surface area contributed by atoms with Crippen molar-refractivity contribution < 1.29 is 14.3 Å². The average Bonchev–Trinajstić information content (AvgIpc) is 3.40. The fourth-order valence-electron chi connectivity index (χ4n) is 7.65. The summed E-state index contributed by atoms with van der Waals surface area (Å²) in [5.74, 6) is 0.566. The van der Waals surface area contributed by atoms with Gasteiger partial charge in [-0.3, -0.25) is 9.80 Å². The molecule has 6 rings (SSSR count). The Bertz CT molecular complexity index is 1540. The van der Waals surface area contributed by atoms with E-state index in [0.717, 1.165) is 82.4 Å². The Morgan fingerprint density at radius 2 is 1.92 bits per heavy atom. The van der Waals surface area contributed by atoms with Gasteiger partial charge in [0.05, 0.1) is 17.6 Å². The number of halogens is 2. The maximum atomic E-state index is 13.4. The van der Waals surface area contributed by atoms with Crippen LogP contribution in [0.5, 0.6) is 5.75 Å². The van der Waals surface area contributed by atoms with Gasteiger partial charge in [0.2, 0.25) is 0 Å². The molecule has 0 fully saturated rings. The molecule has 0 radical (unpaired) electrons. The molecular weight excluding hydrogens is 641 g/mol. The Kier molecular flexibility index (Phi) is 11.7. The SMILES string of the molecule is CC1=CN(CCCCCCOC2C=CC(C3CCC(C(=O)Oc4ccc(Cl)cc4)CCCC4=C3NC3(C)C=CC(Cl)=CC43)=CC2)N=CC1. The third-order valence-corrected chi connectivity index (χ3v) is 10.8. The first kappa shape index (κ1) is 34.8. The maximum absolute atomic E-state index is 13.4. The number of nitrogens with one attached hydrogen (secondary N) is 1. The van der Waals surface area contributed by atoms with Gasteiger partial charge >= 0.3 is 5.97 Å². The van der Waals surface area contributed by atoms with Crippen molar-refractivity contribution in [2.75, 3.05) is 13.2 Å². The highest BCUT2D eigenvalue weighted by molar-refractivity contribution is 6.31. The van der Waals surface area contributed by atoms with Crippen LogP contribution in [0.15, 0.2) is 99.5 Å². The van der Waals surface area contributed by atoms with Gasteiger partial charge in [-0.05, 0) is 112 Å². The number of rotatable bonds is 11. The number of hydrogen-bond acceptors (Lipinski definition) is 6. The number of nitrogens with zero attached hydrogens (tertiary/aromatic N) is 2. The van der Waals surface area contributed by atoms with E-state index >= 15 is 0 Å². The zero-order valence-corrected chi connectivity index (χ0v) is 29.8. The molecule has 0 saturated carbocycles. The summed E-state index contributed by atoms with van der Waals surface area (Å²) in [7, 11) is 0. The molecule has 5 atom stereocenters. The molecule has 2 heterocycles. The quantitative estimate of drug-likeness (QED) is 0.142. The summed E-state index contributed by atoms with van der Waals surface area (Å²) in [6.45, 7) is 6.18. The first-order chi connectivity index (χ1) is 23.3. The van der Waals surface area contributed by atoms with Gasteiger partial charge in [-0.25, -0.2) is 0 Å². The number of ether oxygens (including phenoxy) is 2. The predicted octanol–water partition coefficient (Wildman–Crippen LogP) is 9.79. The molecule has 8 heteroatoms. The van der Waals surface area contributed by atoms with Crippen LogP contribution in [0.25, 0.3) is 0 Å². The molecule has 0 aromatic heterocycles. The van der Waals surface area contributed by atoms with E-state index < -0.39 is 0 Å². The van der Waals surface area contributed by atoms with Gasteiger partial charge in [-0.2, -0.15) is 5.10 Å². The van der Waals surface area contributed by atoms with Crippen LogP contribution in [0, 0.1) is 17.8 Å². The third kappa shape index (κ3) is 8.74. The molecule has 1 aromatic carbocycles. The standard InChI is InChI=1S/C40H49Cl2N3O3/c1-28-21-23-43-45(27-28)24-5-3-4-6-25-47-33-15-10-29(11-16-33)35-19-12-30(39(46)48-34-17-13-31(41)14-18-34)8-7-9-36-37-26-32(42)20-22-40(37,2)44-38(35)36/h10-11,13-15,17-18,20,22-23,26-27,30,33,35,37,44H,3-9,12,16,19,21,24-25H2,1-2H3. The molecule has 5 aliphatic rings. The number of esters is 1. The number of unbranched alkanes of at least 4 members (excludes halogenated alkanes) is 3. The lowest BCUT2D eigenvalue weighted by Crippen LogP contribution is -2.42. The second kappa shape index (κ2) is 16.1. The number of fused-ring (bicyclic) bond motifs is 2. The lowest BCUT2D eigenvalue weighted by Gasteiger charge is -2.33. The predicted molar refractivity (Wildman–Crippen MR) is 196 cm³/mol. The highest BCUT2D eigenvalue weighted by Gasteiger charge is 2.45. The number of hydrogen-bond donors (Lipinski definition) is 1. The Balaban J connectivity index is 1.07. The van der Waals surface area contributed by atoms with Crippen LogP contribution >= 0.6 is 23.2 Å². The summed E-state index contributed by atoms with van der Waals surface area (Å²) in [6, 6.07) is 7.02. The van der Waals surface area contributed by atoms with E-state index in [4.69, 9.17) is 32.7 Å². The summed E-state index contributed by atoms with van der Waals surface area (Å²) in [5, 5.41) is 11.9. The van der Waals surface area contributed by atoms with Crippen molar-refractivity contribution in [1.29, 1.82) is 0 Å². The summed E-state index contributed by atoms with van der Waals surface area (Å²) in [5.41, 5.74) is 5.19. The van der Waals surface area contributed by atoms with Crippen molar-refractivity contribution in [3.8, 4) is 5.75 Å². The summed E-state index contributed by atoms with van der Waals surface area (Å²) in [4.78, 5) is 13.4. The zero-order valence-electron chi connectivity index (χ0n) is 28.3. The molecule has 256 valence electrons. The first-order valence-electron chi connectivity index (χ1n) is 17.8. The number of hydrazone groups is 1. The van der Waals surface area contributed by atoms with Gasteiger partial charge in [0.1, 0.15) is 5.75 Å². The van der Waals surface area contributed by atoms with Crippen LogP contribution in [0.2, 0.25) is 5.02 Å². The van der Waals surface area contributed by atoms with Crippen molar-refractivity contribution in [1.82, 2.24) is 10.3 Å². The number of benzene rings is 1. The molecule has 1 aromatic rings. The molecule has 2 aliphatic heterocycles. The zero-order chi connectivity index (χ0) is 33.5. The van der Waals surface area contributed by atoms with Crippen molar-refractivity contribution in [2.45, 2.75) is 96.1 Å². The highest BCUT2D eigenvalue weighted by atomic mass is 35.5. The topological polar surface area (TPSA) is 63.2 Å². The monoisotopic (exact) mass is 689 g/mol. The highest BCUT2D eigenvalue weighted by Crippen LogP contribution is 2.48. The van der Waals surface area contributed by atoms with E-state index in [1.54, 1.807) is 24.3 Å². The summed E-state index contributed by atoms with van der Waals surface area (Å²) < 4.78 is 12.1. The molecule has 5 unspecified atom stereocenters. The second-order valence-corrected chi connectivity index (χ2v) is 14.9. The minimum Gasteiger partial charge on any atom is -0.426 e. The van der Waals surface area contributed by atoms with Crippen LogP contribution in [-0.2, 0) is 9.53 Å².